The Labute approximate surface area is 169 Å². The molecule has 0 aliphatic carbocycles. The molecule has 3 aromatic carbocycles. The highest BCUT2D eigenvalue weighted by molar-refractivity contribution is 6.40. The summed E-state index contributed by atoms with van der Waals surface area (Å²) in [5.41, 5.74) is 4.71. The first-order valence-electron chi connectivity index (χ1n) is 9.08. The molecule has 0 aliphatic heterocycles. The van der Waals surface area contributed by atoms with Gasteiger partial charge in [0.2, 0.25) is 5.78 Å². The molecule has 1 N–H and O–H groups in total. The molecule has 0 fully saturated rings. The third-order valence-electron chi connectivity index (χ3n) is 4.24. The van der Waals surface area contributed by atoms with Gasteiger partial charge in [0.05, 0.1) is 0 Å². The summed E-state index contributed by atoms with van der Waals surface area (Å²) in [7, 11) is 0. The smallest absolute Gasteiger partial charge is 0.319 e. The molecule has 1 amide bonds. The summed E-state index contributed by atoms with van der Waals surface area (Å²) >= 11 is 0. The summed E-state index contributed by atoms with van der Waals surface area (Å²) in [6, 6.07) is 25.3. The van der Waals surface area contributed by atoms with Gasteiger partial charge in [-0.1, -0.05) is 72.3 Å². The number of nitrogens with one attached hydrogen (secondary N) is 1. The molecular weight excluding hydrogens is 366 g/mol. The second-order valence-electron chi connectivity index (χ2n) is 6.36. The molecule has 0 atom stereocenters. The van der Waals surface area contributed by atoms with Gasteiger partial charge in [0, 0.05) is 17.7 Å². The maximum absolute atomic E-state index is 12.3. The lowest BCUT2D eigenvalue weighted by atomic mass is 10.0. The van der Waals surface area contributed by atoms with E-state index >= 15 is 0 Å². The Morgan fingerprint density at radius 3 is 2.07 bits per heavy atom. The Morgan fingerprint density at radius 2 is 1.45 bits per heavy atom. The number of carbonyl (C=O) groups excluding carboxylic acids is 4. The Morgan fingerprint density at radius 1 is 0.862 bits per heavy atom. The summed E-state index contributed by atoms with van der Waals surface area (Å²) in [6.07, 6.45) is 1.01. The lowest BCUT2D eigenvalue weighted by Crippen LogP contribution is -2.23. The third kappa shape index (κ3) is 6.69. The first kappa shape index (κ1) is 21.5. The summed E-state index contributed by atoms with van der Waals surface area (Å²) < 4.78 is 0. The van der Waals surface area contributed by atoms with Crippen molar-refractivity contribution in [1.29, 1.82) is 0 Å². The van der Waals surface area contributed by atoms with Gasteiger partial charge in [-0.05, 0) is 36.6 Å². The second kappa shape index (κ2) is 11.1. The molecule has 0 radical (unpaired) electrons. The Hall–Kier alpha value is -3.82. The van der Waals surface area contributed by atoms with Crippen LogP contribution in [0.4, 0.5) is 5.69 Å². The lowest BCUT2D eigenvalue weighted by molar-refractivity contribution is -0.191. The average Bonchev–Trinajstić information content (AvgIpc) is 2.75. The van der Waals surface area contributed by atoms with E-state index < -0.39 is 11.7 Å². The SMILES string of the molecule is Cc1ccc(NC(=O)C(=O)CCc2ccccc2)c(-c2ccccc2)c1.O=C=O. The van der Waals surface area contributed by atoms with Gasteiger partial charge in [0.15, 0.2) is 0 Å². The molecule has 0 aliphatic rings. The minimum Gasteiger partial charge on any atom is -0.319 e. The molecule has 0 saturated carbocycles. The molecule has 0 spiro atoms. The van der Waals surface area contributed by atoms with Gasteiger partial charge in [-0.3, -0.25) is 9.59 Å². The molecule has 0 bridgehead atoms. The molecular formula is C24H21NO4. The van der Waals surface area contributed by atoms with Crippen LogP contribution in [0.15, 0.2) is 78.9 Å². The monoisotopic (exact) mass is 387 g/mol. The van der Waals surface area contributed by atoms with Crippen molar-refractivity contribution in [3.8, 4) is 11.1 Å². The van der Waals surface area contributed by atoms with E-state index in [4.69, 9.17) is 9.59 Å². The number of anilines is 1. The quantitative estimate of drug-likeness (QED) is 0.642. The molecule has 0 unspecified atom stereocenters. The number of Topliss-reactive ketones (excluding diaryl/α,β-unsaturated/α-hetero) is 1. The van der Waals surface area contributed by atoms with Crippen molar-refractivity contribution in [2.24, 2.45) is 0 Å². The molecule has 5 heteroatoms. The molecule has 146 valence electrons. The van der Waals surface area contributed by atoms with Crippen LogP contribution in [0.25, 0.3) is 11.1 Å². The van der Waals surface area contributed by atoms with E-state index in [2.05, 4.69) is 5.32 Å². The van der Waals surface area contributed by atoms with Gasteiger partial charge in [-0.2, -0.15) is 9.59 Å². The normalized spacial score (nSPS) is 9.55. The van der Waals surface area contributed by atoms with Gasteiger partial charge in [0.1, 0.15) is 0 Å². The van der Waals surface area contributed by atoms with E-state index in [-0.39, 0.29) is 12.6 Å². The zero-order valence-corrected chi connectivity index (χ0v) is 16.1. The number of benzene rings is 3. The number of rotatable bonds is 6. The molecule has 0 aromatic heterocycles. The Bertz CT molecular complexity index is 992. The number of ketones is 1. The minimum atomic E-state index is -0.568. The predicted molar refractivity (Wildman–Crippen MR) is 110 cm³/mol. The van der Waals surface area contributed by atoms with Gasteiger partial charge < -0.3 is 5.32 Å². The zero-order chi connectivity index (χ0) is 21.1. The van der Waals surface area contributed by atoms with Crippen LogP contribution in [-0.4, -0.2) is 17.8 Å². The topological polar surface area (TPSA) is 80.3 Å². The van der Waals surface area contributed by atoms with E-state index in [1.807, 2.05) is 85.8 Å². The van der Waals surface area contributed by atoms with Crippen molar-refractivity contribution in [3.63, 3.8) is 0 Å². The number of hydrogen-bond acceptors (Lipinski definition) is 4. The van der Waals surface area contributed by atoms with E-state index in [0.29, 0.717) is 12.1 Å². The van der Waals surface area contributed by atoms with Gasteiger partial charge in [-0.25, -0.2) is 0 Å². The van der Waals surface area contributed by atoms with Gasteiger partial charge in [-0.15, -0.1) is 0 Å². The molecule has 3 aromatic rings. The van der Waals surface area contributed by atoms with Crippen molar-refractivity contribution in [2.75, 3.05) is 5.32 Å². The standard InChI is InChI=1S/C23H21NO2.CO2/c1-17-12-14-21(20(16-17)19-10-6-3-7-11-19)24-23(26)22(25)15-13-18-8-4-2-5-9-18;2-1-3/h2-12,14,16H,13,15H2,1H3,(H,24,26);. The van der Waals surface area contributed by atoms with Crippen LogP contribution >= 0.6 is 0 Å². The largest absolute Gasteiger partial charge is 0.373 e. The maximum atomic E-state index is 12.3. The third-order valence-corrected chi connectivity index (χ3v) is 4.24. The van der Waals surface area contributed by atoms with Gasteiger partial charge >= 0.3 is 6.15 Å². The molecule has 5 nitrogen and oxygen atoms in total. The Balaban J connectivity index is 0.000000941. The van der Waals surface area contributed by atoms with Crippen LogP contribution in [-0.2, 0) is 25.6 Å². The van der Waals surface area contributed by atoms with Crippen molar-refractivity contribution < 1.29 is 19.2 Å². The first-order chi connectivity index (χ1) is 14.0. The van der Waals surface area contributed by atoms with Crippen molar-refractivity contribution in [2.45, 2.75) is 19.8 Å². The van der Waals surface area contributed by atoms with E-state index in [0.717, 1.165) is 22.3 Å². The fourth-order valence-corrected chi connectivity index (χ4v) is 2.83. The fourth-order valence-electron chi connectivity index (χ4n) is 2.83. The first-order valence-corrected chi connectivity index (χ1v) is 9.08. The van der Waals surface area contributed by atoms with Crippen molar-refractivity contribution in [3.05, 3.63) is 90.0 Å². The highest BCUT2D eigenvalue weighted by atomic mass is 16.2. The highest BCUT2D eigenvalue weighted by Gasteiger charge is 2.16. The van der Waals surface area contributed by atoms with Crippen LogP contribution in [0.1, 0.15) is 17.5 Å². The van der Waals surface area contributed by atoms with Crippen LogP contribution in [0, 0.1) is 6.92 Å². The average molecular weight is 387 g/mol. The minimum absolute atomic E-state index is 0.197. The summed E-state index contributed by atoms with van der Waals surface area (Å²) in [5, 5.41) is 2.78. The molecule has 0 heterocycles. The summed E-state index contributed by atoms with van der Waals surface area (Å²) in [6.45, 7) is 2.00. The molecule has 0 saturated heterocycles. The van der Waals surface area contributed by atoms with Crippen LogP contribution < -0.4 is 5.32 Å². The maximum Gasteiger partial charge on any atom is 0.373 e. The van der Waals surface area contributed by atoms with Crippen LogP contribution in [0.2, 0.25) is 0 Å². The second-order valence-corrected chi connectivity index (χ2v) is 6.36. The van der Waals surface area contributed by atoms with Crippen LogP contribution in [0.3, 0.4) is 0 Å². The fraction of sp³-hybridized carbons (Fsp3) is 0.125. The zero-order valence-electron chi connectivity index (χ0n) is 16.1. The lowest BCUT2D eigenvalue weighted by Gasteiger charge is -2.12. The van der Waals surface area contributed by atoms with E-state index in [1.54, 1.807) is 0 Å². The van der Waals surface area contributed by atoms with Gasteiger partial charge in [0.25, 0.3) is 5.91 Å². The van der Waals surface area contributed by atoms with Crippen molar-refractivity contribution >= 4 is 23.5 Å². The Kier molecular flexibility index (Phi) is 8.24. The number of carbonyl (C=O) groups is 2. The summed E-state index contributed by atoms with van der Waals surface area (Å²) in [4.78, 5) is 40.8. The summed E-state index contributed by atoms with van der Waals surface area (Å²) in [5.74, 6) is -0.976. The predicted octanol–water partition coefficient (Wildman–Crippen LogP) is 4.22. The van der Waals surface area contributed by atoms with Crippen molar-refractivity contribution in [1.82, 2.24) is 0 Å². The van der Waals surface area contributed by atoms with E-state index in [9.17, 15) is 9.59 Å². The number of amides is 1. The van der Waals surface area contributed by atoms with E-state index in [1.165, 1.54) is 0 Å². The number of hydrogen-bond donors (Lipinski definition) is 1. The number of aryl methyl sites for hydroxylation is 2. The molecule has 29 heavy (non-hydrogen) atoms. The molecule has 3 rings (SSSR count). The highest BCUT2D eigenvalue weighted by Crippen LogP contribution is 2.29. The van der Waals surface area contributed by atoms with Crippen LogP contribution in [0.5, 0.6) is 0 Å².